The van der Waals surface area contributed by atoms with Crippen molar-refractivity contribution in [2.24, 2.45) is 5.73 Å². The van der Waals surface area contributed by atoms with Gasteiger partial charge in [0.2, 0.25) is 0 Å². The lowest BCUT2D eigenvalue weighted by molar-refractivity contribution is -0.192. The first-order valence-electron chi connectivity index (χ1n) is 11.0. The molecule has 8 nitrogen and oxygen atoms in total. The molecule has 0 fully saturated rings. The molecule has 0 aliphatic carbocycles. The lowest BCUT2D eigenvalue weighted by atomic mass is 10.1. The molecule has 0 bridgehead atoms. The third kappa shape index (κ3) is 7.56. The Morgan fingerprint density at radius 3 is 2.29 bits per heavy atom. The van der Waals surface area contributed by atoms with Gasteiger partial charge in [-0.1, -0.05) is 48.0 Å². The average Bonchev–Trinajstić information content (AvgIpc) is 3.42. The number of carboxylic acid groups (broad SMARTS) is 1. The number of thiophene rings is 1. The molecule has 200 valence electrons. The van der Waals surface area contributed by atoms with Gasteiger partial charge in [-0.05, 0) is 41.3 Å². The topological polar surface area (TPSA) is 137 Å². The predicted octanol–water partition coefficient (Wildman–Crippen LogP) is 4.96. The molecule has 2 amide bonds. The van der Waals surface area contributed by atoms with Crippen molar-refractivity contribution < 1.29 is 32.7 Å². The van der Waals surface area contributed by atoms with Crippen molar-refractivity contribution in [1.82, 2.24) is 4.90 Å². The number of halogens is 4. The number of nitrogens with two attached hydrogens (primary N) is 1. The van der Waals surface area contributed by atoms with E-state index in [1.54, 1.807) is 23.1 Å². The summed E-state index contributed by atoms with van der Waals surface area (Å²) >= 11 is 7.12. The number of alkyl halides is 3. The number of hydrogen-bond donors (Lipinski definition) is 4. The highest BCUT2D eigenvalue weighted by atomic mass is 35.5. The van der Waals surface area contributed by atoms with Gasteiger partial charge >= 0.3 is 12.1 Å². The molecule has 1 aromatic heterocycles. The molecule has 1 aliphatic rings. The van der Waals surface area contributed by atoms with Crippen LogP contribution in [0.5, 0.6) is 0 Å². The van der Waals surface area contributed by atoms with Crippen molar-refractivity contribution >= 4 is 52.2 Å². The minimum absolute atomic E-state index is 0.0803. The highest BCUT2D eigenvalue weighted by Gasteiger charge is 2.38. The number of rotatable bonds is 7. The van der Waals surface area contributed by atoms with Crippen LogP contribution in [0.4, 0.5) is 18.9 Å². The molecule has 0 saturated heterocycles. The first kappa shape index (κ1) is 28.7. The minimum Gasteiger partial charge on any atom is -0.475 e. The fraction of sp³-hybridized carbons (Fsp3) is 0.200. The number of benzene rings is 2. The largest absolute Gasteiger partial charge is 0.490 e. The normalized spacial score (nSPS) is 12.4. The van der Waals surface area contributed by atoms with Crippen LogP contribution in [-0.2, 0) is 24.2 Å². The maximum absolute atomic E-state index is 13.1. The molecule has 0 unspecified atom stereocenters. The smallest absolute Gasteiger partial charge is 0.475 e. The third-order valence-electron chi connectivity index (χ3n) is 5.39. The van der Waals surface area contributed by atoms with E-state index in [0.29, 0.717) is 40.0 Å². The van der Waals surface area contributed by atoms with E-state index >= 15 is 0 Å². The zero-order chi connectivity index (χ0) is 28.0. The second-order valence-corrected chi connectivity index (χ2v) is 9.91. The van der Waals surface area contributed by atoms with Gasteiger partial charge in [-0.15, -0.1) is 11.3 Å². The molecule has 1 aliphatic heterocycles. The second kappa shape index (κ2) is 12.1. The van der Waals surface area contributed by atoms with Crippen LogP contribution >= 0.6 is 22.9 Å². The highest BCUT2D eigenvalue weighted by Crippen LogP contribution is 2.30. The Kier molecular flexibility index (Phi) is 9.13. The van der Waals surface area contributed by atoms with E-state index in [1.807, 2.05) is 36.4 Å². The zero-order valence-corrected chi connectivity index (χ0v) is 21.2. The fourth-order valence-corrected chi connectivity index (χ4v) is 4.57. The number of carboxylic acids is 1. The van der Waals surface area contributed by atoms with Gasteiger partial charge in [-0.25, -0.2) is 4.79 Å². The van der Waals surface area contributed by atoms with Gasteiger partial charge in [-0.3, -0.25) is 15.0 Å². The number of hydrogen-bond acceptors (Lipinski definition) is 5. The standard InChI is InChI=1S/C23H21ClN4O2S.C2HF3O2/c24-19-9-8-18(31-19)22(29)27-17-3-1-2-16-13-28(23(30)21(16)17)11-10-14-4-6-15(7-5-14)12-20(25)26;3-2(4,5)1(6)7/h1-9H,10-13H2,(H3,25,26)(H,27,29);(H,6,7). The van der Waals surface area contributed by atoms with E-state index in [4.69, 9.17) is 32.6 Å². The number of amides is 2. The number of anilines is 1. The Morgan fingerprint density at radius 2 is 1.74 bits per heavy atom. The lowest BCUT2D eigenvalue weighted by Gasteiger charge is -2.16. The number of fused-ring (bicyclic) bond motifs is 1. The van der Waals surface area contributed by atoms with Gasteiger partial charge in [0, 0.05) is 19.5 Å². The molecule has 0 saturated carbocycles. The third-order valence-corrected chi connectivity index (χ3v) is 6.62. The van der Waals surface area contributed by atoms with E-state index in [2.05, 4.69) is 5.32 Å². The summed E-state index contributed by atoms with van der Waals surface area (Å²) in [5.41, 5.74) is 9.53. The summed E-state index contributed by atoms with van der Waals surface area (Å²) in [5.74, 6) is -2.98. The Balaban J connectivity index is 0.000000505. The van der Waals surface area contributed by atoms with E-state index in [0.717, 1.165) is 23.1 Å². The van der Waals surface area contributed by atoms with Crippen molar-refractivity contribution in [3.05, 3.63) is 86.1 Å². The Morgan fingerprint density at radius 1 is 1.11 bits per heavy atom. The maximum Gasteiger partial charge on any atom is 0.490 e. The number of aliphatic carboxylic acids is 1. The summed E-state index contributed by atoms with van der Waals surface area (Å²) in [4.78, 5) is 36.8. The van der Waals surface area contributed by atoms with Crippen LogP contribution in [0, 0.1) is 5.41 Å². The SMILES string of the molecule is N=C(N)Cc1ccc(CCN2Cc3cccc(NC(=O)c4ccc(Cl)s4)c3C2=O)cc1.O=C(O)C(F)(F)F. The number of carbonyl (C=O) groups is 3. The number of carbonyl (C=O) groups excluding carboxylic acids is 2. The monoisotopic (exact) mass is 566 g/mol. The van der Waals surface area contributed by atoms with Gasteiger partial charge in [-0.2, -0.15) is 13.2 Å². The predicted molar refractivity (Wildman–Crippen MR) is 138 cm³/mol. The van der Waals surface area contributed by atoms with Crippen molar-refractivity contribution in [1.29, 1.82) is 5.41 Å². The Bertz CT molecular complexity index is 1360. The number of amidine groups is 1. The van der Waals surface area contributed by atoms with E-state index < -0.39 is 12.1 Å². The summed E-state index contributed by atoms with van der Waals surface area (Å²) in [6.45, 7) is 1.10. The first-order valence-corrected chi connectivity index (χ1v) is 12.2. The van der Waals surface area contributed by atoms with Crippen LogP contribution in [0.1, 0.15) is 36.7 Å². The summed E-state index contributed by atoms with van der Waals surface area (Å²) in [7, 11) is 0. The molecule has 13 heteroatoms. The summed E-state index contributed by atoms with van der Waals surface area (Å²) < 4.78 is 32.3. The lowest BCUT2D eigenvalue weighted by Crippen LogP contribution is -2.26. The molecule has 0 radical (unpaired) electrons. The van der Waals surface area contributed by atoms with Crippen molar-refractivity contribution in [2.45, 2.75) is 25.6 Å². The molecule has 3 aromatic rings. The zero-order valence-electron chi connectivity index (χ0n) is 19.6. The fourth-order valence-electron chi connectivity index (χ4n) is 3.63. The summed E-state index contributed by atoms with van der Waals surface area (Å²) in [6, 6.07) is 16.8. The quantitative estimate of drug-likeness (QED) is 0.237. The van der Waals surface area contributed by atoms with Crippen molar-refractivity contribution in [3.8, 4) is 0 Å². The molecule has 0 spiro atoms. The van der Waals surface area contributed by atoms with Crippen molar-refractivity contribution in [3.63, 3.8) is 0 Å². The van der Waals surface area contributed by atoms with Crippen LogP contribution in [0.2, 0.25) is 4.34 Å². The van der Waals surface area contributed by atoms with E-state index in [1.165, 1.54) is 11.3 Å². The number of nitrogens with one attached hydrogen (secondary N) is 2. The van der Waals surface area contributed by atoms with E-state index in [-0.39, 0.29) is 17.6 Å². The average molecular weight is 567 g/mol. The minimum atomic E-state index is -5.08. The van der Waals surface area contributed by atoms with Crippen LogP contribution in [0.3, 0.4) is 0 Å². The van der Waals surface area contributed by atoms with Crippen LogP contribution in [-0.4, -0.2) is 46.3 Å². The molecule has 2 heterocycles. The van der Waals surface area contributed by atoms with Gasteiger partial charge in [0.05, 0.1) is 26.3 Å². The molecule has 0 atom stereocenters. The van der Waals surface area contributed by atoms with Crippen LogP contribution in [0.15, 0.2) is 54.6 Å². The Hall–Kier alpha value is -3.90. The molecular formula is C25H22ClF3N4O4S. The van der Waals surface area contributed by atoms with Crippen LogP contribution < -0.4 is 11.1 Å². The molecule has 38 heavy (non-hydrogen) atoms. The van der Waals surface area contributed by atoms with E-state index in [9.17, 15) is 22.8 Å². The molecule has 2 aromatic carbocycles. The van der Waals surface area contributed by atoms with Crippen LogP contribution in [0.25, 0.3) is 0 Å². The van der Waals surface area contributed by atoms with Gasteiger partial charge in [0.15, 0.2) is 0 Å². The molecular weight excluding hydrogens is 545 g/mol. The Labute approximate surface area is 224 Å². The van der Waals surface area contributed by atoms with Gasteiger partial charge in [0.1, 0.15) is 0 Å². The number of nitrogens with zero attached hydrogens (tertiary/aromatic N) is 1. The summed E-state index contributed by atoms with van der Waals surface area (Å²) in [6.07, 6.45) is -3.93. The van der Waals surface area contributed by atoms with Gasteiger partial charge < -0.3 is 21.1 Å². The second-order valence-electron chi connectivity index (χ2n) is 8.20. The molecule has 4 rings (SSSR count). The maximum atomic E-state index is 13.1. The van der Waals surface area contributed by atoms with Crippen molar-refractivity contribution in [2.75, 3.05) is 11.9 Å². The highest BCUT2D eigenvalue weighted by molar-refractivity contribution is 7.18. The first-order chi connectivity index (χ1) is 17.8. The van der Waals surface area contributed by atoms with Gasteiger partial charge in [0.25, 0.3) is 11.8 Å². The molecule has 5 N–H and O–H groups in total. The summed E-state index contributed by atoms with van der Waals surface area (Å²) in [5, 5.41) is 17.4.